The number of thioether (sulfide) groups is 1. The van der Waals surface area contributed by atoms with E-state index in [0.717, 1.165) is 30.3 Å². The summed E-state index contributed by atoms with van der Waals surface area (Å²) in [5, 5.41) is -5.47. The maximum absolute atomic E-state index is 13.6. The molecule has 0 aliphatic rings. The molecule has 0 fully saturated rings. The molecule has 0 aliphatic carbocycles. The molecule has 2 aromatic carbocycles. The number of nitrogen functional groups attached to an aromatic ring is 1. The summed E-state index contributed by atoms with van der Waals surface area (Å²) < 4.78 is 108. The van der Waals surface area contributed by atoms with Gasteiger partial charge in [-0.1, -0.05) is 11.8 Å². The van der Waals surface area contributed by atoms with E-state index < -0.39 is 39.8 Å². The number of hydrogen-bond donors (Lipinski definition) is 1. The number of benzene rings is 2. The molecule has 26 heavy (non-hydrogen) atoms. The third-order valence-corrected chi connectivity index (χ3v) is 4.25. The third kappa shape index (κ3) is 4.14. The Bertz CT molecular complexity index is 759. The van der Waals surface area contributed by atoms with Crippen molar-refractivity contribution in [2.75, 3.05) is 5.73 Å². The minimum Gasteiger partial charge on any atom is -0.454 e. The Morgan fingerprint density at radius 3 is 1.81 bits per heavy atom. The van der Waals surface area contributed by atoms with E-state index in [-0.39, 0.29) is 17.2 Å². The molecular formula is C15H9F8NOS. The maximum Gasteiger partial charge on any atom is 0.441 e. The lowest BCUT2D eigenvalue weighted by molar-refractivity contribution is -0.302. The highest BCUT2D eigenvalue weighted by molar-refractivity contribution is 8.00. The highest BCUT2D eigenvalue weighted by Gasteiger charge is 2.73. The van der Waals surface area contributed by atoms with Crippen molar-refractivity contribution in [2.45, 2.75) is 22.2 Å². The van der Waals surface area contributed by atoms with Crippen molar-refractivity contribution >= 4 is 17.4 Å². The van der Waals surface area contributed by atoms with Crippen molar-refractivity contribution in [2.24, 2.45) is 0 Å². The standard InChI is InChI=1S/C15H9F8NOS/c16-11-7-8(24)1-6-12(11)25-9-2-4-10(5-3-9)26-13(17,14(18,19)20)15(21,22)23/h1-7H,24H2. The highest BCUT2D eigenvalue weighted by atomic mass is 32.2. The van der Waals surface area contributed by atoms with Crippen LogP contribution in [0.1, 0.15) is 0 Å². The number of halogens is 8. The van der Waals surface area contributed by atoms with Crippen molar-refractivity contribution in [1.82, 2.24) is 0 Å². The van der Waals surface area contributed by atoms with Gasteiger partial charge in [0.05, 0.1) is 0 Å². The number of ether oxygens (including phenoxy) is 1. The van der Waals surface area contributed by atoms with Crippen LogP contribution in [0.15, 0.2) is 47.4 Å². The summed E-state index contributed by atoms with van der Waals surface area (Å²) >= 11 is -1.04. The van der Waals surface area contributed by atoms with Crippen LogP contribution >= 0.6 is 11.8 Å². The number of nitrogens with two attached hydrogens (primary N) is 1. The van der Waals surface area contributed by atoms with E-state index in [1.807, 2.05) is 0 Å². The van der Waals surface area contributed by atoms with Gasteiger partial charge in [-0.05, 0) is 36.4 Å². The second kappa shape index (κ2) is 6.86. The van der Waals surface area contributed by atoms with Crippen LogP contribution in [-0.2, 0) is 0 Å². The fourth-order valence-electron chi connectivity index (χ4n) is 1.74. The zero-order valence-electron chi connectivity index (χ0n) is 12.5. The predicted molar refractivity (Wildman–Crippen MR) is 79.1 cm³/mol. The molecule has 0 aromatic heterocycles. The molecule has 2 N–H and O–H groups in total. The molecule has 2 rings (SSSR count). The van der Waals surface area contributed by atoms with Crippen molar-refractivity contribution in [1.29, 1.82) is 0 Å². The predicted octanol–water partition coefficient (Wildman–Crippen LogP) is 6.08. The minimum absolute atomic E-state index is 0.0819. The second-order valence-corrected chi connectivity index (χ2v) is 6.19. The third-order valence-electron chi connectivity index (χ3n) is 3.00. The fourth-order valence-corrected chi connectivity index (χ4v) is 2.57. The number of rotatable bonds is 4. The lowest BCUT2D eigenvalue weighted by Gasteiger charge is -2.29. The summed E-state index contributed by atoms with van der Waals surface area (Å²) in [5.41, 5.74) is 5.48. The number of alkyl halides is 7. The van der Waals surface area contributed by atoms with Crippen molar-refractivity contribution in [3.8, 4) is 11.5 Å². The van der Waals surface area contributed by atoms with Crippen LogP contribution in [0.25, 0.3) is 0 Å². The molecule has 0 bridgehead atoms. The van der Waals surface area contributed by atoms with E-state index in [1.54, 1.807) is 0 Å². The Balaban J connectivity index is 2.21. The average molecular weight is 403 g/mol. The zero-order chi connectivity index (χ0) is 19.8. The smallest absolute Gasteiger partial charge is 0.441 e. The van der Waals surface area contributed by atoms with E-state index >= 15 is 0 Å². The molecule has 0 radical (unpaired) electrons. The Morgan fingerprint density at radius 1 is 0.808 bits per heavy atom. The first kappa shape index (κ1) is 20.1. The number of anilines is 1. The van der Waals surface area contributed by atoms with Crippen LogP contribution in [-0.4, -0.2) is 17.4 Å². The van der Waals surface area contributed by atoms with Gasteiger partial charge in [0.25, 0.3) is 0 Å². The van der Waals surface area contributed by atoms with Crippen LogP contribution in [0.3, 0.4) is 0 Å². The first-order valence-corrected chi connectivity index (χ1v) is 7.49. The van der Waals surface area contributed by atoms with Crippen LogP contribution in [0, 0.1) is 5.82 Å². The summed E-state index contributed by atoms with van der Waals surface area (Å²) in [7, 11) is 0. The molecule has 0 spiro atoms. The average Bonchev–Trinajstić information content (AvgIpc) is 2.49. The van der Waals surface area contributed by atoms with Gasteiger partial charge in [0.2, 0.25) is 0 Å². The topological polar surface area (TPSA) is 35.2 Å². The van der Waals surface area contributed by atoms with E-state index in [4.69, 9.17) is 10.5 Å². The number of hydrogen-bond acceptors (Lipinski definition) is 3. The highest BCUT2D eigenvalue weighted by Crippen LogP contribution is 2.55. The minimum atomic E-state index is -6.17. The summed E-state index contributed by atoms with van der Waals surface area (Å²) in [6, 6.07) is 7.02. The maximum atomic E-state index is 13.6. The molecule has 0 aliphatic heterocycles. The van der Waals surface area contributed by atoms with Gasteiger partial charge >= 0.3 is 17.4 Å². The molecule has 0 saturated heterocycles. The summed E-state index contributed by atoms with van der Waals surface area (Å²) in [6.45, 7) is 0. The molecule has 2 nitrogen and oxygen atoms in total. The van der Waals surface area contributed by atoms with Gasteiger partial charge in [-0.3, -0.25) is 0 Å². The van der Waals surface area contributed by atoms with Gasteiger partial charge < -0.3 is 10.5 Å². The SMILES string of the molecule is Nc1ccc(Oc2ccc(SC(F)(C(F)(F)F)C(F)(F)F)cc2)c(F)c1. The van der Waals surface area contributed by atoms with E-state index in [2.05, 4.69) is 0 Å². The van der Waals surface area contributed by atoms with Gasteiger partial charge in [-0.15, -0.1) is 0 Å². The first-order chi connectivity index (χ1) is 11.8. The lowest BCUT2D eigenvalue weighted by Crippen LogP contribution is -2.50. The van der Waals surface area contributed by atoms with Gasteiger partial charge in [-0.25, -0.2) is 8.78 Å². The Morgan fingerprint density at radius 2 is 1.35 bits per heavy atom. The van der Waals surface area contributed by atoms with Crippen LogP contribution < -0.4 is 10.5 Å². The van der Waals surface area contributed by atoms with Crippen molar-refractivity contribution < 1.29 is 39.9 Å². The van der Waals surface area contributed by atoms with Gasteiger partial charge in [0.1, 0.15) is 5.75 Å². The fraction of sp³-hybridized carbons (Fsp3) is 0.200. The largest absolute Gasteiger partial charge is 0.454 e. The molecule has 2 aromatic rings. The van der Waals surface area contributed by atoms with Gasteiger partial charge in [0, 0.05) is 16.6 Å². The van der Waals surface area contributed by atoms with Crippen LogP contribution in [0.2, 0.25) is 0 Å². The molecule has 0 saturated carbocycles. The van der Waals surface area contributed by atoms with Crippen molar-refractivity contribution in [3.05, 3.63) is 48.3 Å². The van der Waals surface area contributed by atoms with E-state index in [9.17, 15) is 35.1 Å². The van der Waals surface area contributed by atoms with Crippen LogP contribution in [0.5, 0.6) is 11.5 Å². The molecule has 0 unspecified atom stereocenters. The lowest BCUT2D eigenvalue weighted by atomic mass is 10.3. The summed E-state index contributed by atoms with van der Waals surface area (Å²) in [4.78, 5) is -0.646. The molecular weight excluding hydrogens is 394 g/mol. The molecule has 0 amide bonds. The van der Waals surface area contributed by atoms with E-state index in [0.29, 0.717) is 0 Å². The van der Waals surface area contributed by atoms with Gasteiger partial charge in [0.15, 0.2) is 11.6 Å². The molecule has 142 valence electrons. The monoisotopic (exact) mass is 403 g/mol. The zero-order valence-corrected chi connectivity index (χ0v) is 13.3. The normalized spacial score (nSPS) is 12.9. The Kier molecular flexibility index (Phi) is 5.31. The molecule has 0 atom stereocenters. The van der Waals surface area contributed by atoms with E-state index in [1.165, 1.54) is 12.1 Å². The Hall–Kier alpha value is -2.17. The summed E-state index contributed by atoms with van der Waals surface area (Å²) in [5.74, 6) is -1.16. The van der Waals surface area contributed by atoms with Crippen molar-refractivity contribution in [3.63, 3.8) is 0 Å². The molecule has 11 heteroatoms. The quantitative estimate of drug-likeness (QED) is 0.382. The summed E-state index contributed by atoms with van der Waals surface area (Å²) in [6.07, 6.45) is -12.3. The second-order valence-electron chi connectivity index (χ2n) is 4.96. The first-order valence-electron chi connectivity index (χ1n) is 6.68. The van der Waals surface area contributed by atoms with Gasteiger partial charge in [-0.2, -0.15) is 26.3 Å². The van der Waals surface area contributed by atoms with Crippen LogP contribution in [0.4, 0.5) is 40.8 Å². The Labute approximate surface area is 145 Å². The molecule has 0 heterocycles.